The number of likely N-dealkylation sites (tertiary alicyclic amines) is 1. The van der Waals surface area contributed by atoms with Gasteiger partial charge >= 0.3 is 0 Å². The number of rotatable bonds is 6. The monoisotopic (exact) mass is 289 g/mol. The maximum absolute atomic E-state index is 12.0. The van der Waals surface area contributed by atoms with Crippen LogP contribution >= 0.6 is 0 Å². The summed E-state index contributed by atoms with van der Waals surface area (Å²) in [6, 6.07) is 9.62. The lowest BCUT2D eigenvalue weighted by atomic mass is 10.0. The van der Waals surface area contributed by atoms with Crippen molar-refractivity contribution in [2.75, 3.05) is 19.6 Å². The predicted molar refractivity (Wildman–Crippen MR) is 85.9 cm³/mol. The number of nitrogens with zero attached hydrogens (tertiary/aromatic N) is 1. The van der Waals surface area contributed by atoms with Gasteiger partial charge in [0.05, 0.1) is 0 Å². The summed E-state index contributed by atoms with van der Waals surface area (Å²) in [7, 11) is 0. The van der Waals surface area contributed by atoms with Crippen LogP contribution in [0.1, 0.15) is 44.2 Å². The van der Waals surface area contributed by atoms with Crippen LogP contribution < -0.4 is 11.1 Å². The number of nitrogens with one attached hydrogen (secondary N) is 1. The lowest BCUT2D eigenvalue weighted by molar-refractivity contribution is -0.122. The first-order valence-electron chi connectivity index (χ1n) is 8.01. The van der Waals surface area contributed by atoms with Gasteiger partial charge in [0.1, 0.15) is 6.04 Å². The Morgan fingerprint density at radius 3 is 2.86 bits per heavy atom. The fraction of sp³-hybridized carbons (Fsp3) is 0.588. The van der Waals surface area contributed by atoms with E-state index in [-0.39, 0.29) is 5.91 Å². The van der Waals surface area contributed by atoms with Crippen molar-refractivity contribution in [3.63, 3.8) is 0 Å². The number of carbonyl (C=O) groups is 1. The van der Waals surface area contributed by atoms with Crippen LogP contribution in [0.25, 0.3) is 0 Å². The molecule has 0 aromatic heterocycles. The minimum absolute atomic E-state index is 0.0899. The van der Waals surface area contributed by atoms with Gasteiger partial charge in [-0.3, -0.25) is 4.79 Å². The highest BCUT2D eigenvalue weighted by molar-refractivity contribution is 5.82. The average Bonchev–Trinajstić information content (AvgIpc) is 2.53. The predicted octanol–water partition coefficient (Wildman–Crippen LogP) is 2.07. The van der Waals surface area contributed by atoms with E-state index in [1.54, 1.807) is 0 Å². The summed E-state index contributed by atoms with van der Waals surface area (Å²) in [4.78, 5) is 14.5. The number of nitrogens with two attached hydrogens (primary N) is 1. The van der Waals surface area contributed by atoms with Crippen LogP contribution in [0, 0.1) is 0 Å². The van der Waals surface area contributed by atoms with Crippen molar-refractivity contribution in [1.82, 2.24) is 10.2 Å². The molecule has 0 radical (unpaired) electrons. The van der Waals surface area contributed by atoms with Crippen LogP contribution in [-0.2, 0) is 4.79 Å². The van der Waals surface area contributed by atoms with Gasteiger partial charge in [0, 0.05) is 19.1 Å². The summed E-state index contributed by atoms with van der Waals surface area (Å²) >= 11 is 0. The molecular weight excluding hydrogens is 262 g/mol. The zero-order valence-electron chi connectivity index (χ0n) is 12.9. The Bertz CT molecular complexity index is 435. The molecule has 0 unspecified atom stereocenters. The molecule has 1 amide bonds. The van der Waals surface area contributed by atoms with Gasteiger partial charge in [-0.05, 0) is 38.3 Å². The molecule has 1 aromatic rings. The minimum atomic E-state index is -0.569. The van der Waals surface area contributed by atoms with Gasteiger partial charge in [-0.25, -0.2) is 0 Å². The third-order valence-corrected chi connectivity index (χ3v) is 4.30. The Balaban J connectivity index is 1.67. The van der Waals surface area contributed by atoms with E-state index in [0.29, 0.717) is 12.6 Å². The van der Waals surface area contributed by atoms with Crippen LogP contribution in [0.5, 0.6) is 0 Å². The zero-order chi connectivity index (χ0) is 15.1. The molecule has 1 saturated heterocycles. The van der Waals surface area contributed by atoms with Crippen LogP contribution in [0.2, 0.25) is 0 Å². The molecule has 0 spiro atoms. The van der Waals surface area contributed by atoms with Crippen LogP contribution in [0.4, 0.5) is 0 Å². The molecule has 1 aliphatic rings. The van der Waals surface area contributed by atoms with Crippen molar-refractivity contribution in [3.05, 3.63) is 35.9 Å². The van der Waals surface area contributed by atoms with Gasteiger partial charge in [-0.2, -0.15) is 0 Å². The molecule has 1 aromatic carbocycles. The zero-order valence-corrected chi connectivity index (χ0v) is 12.9. The molecule has 2 atom stereocenters. The summed E-state index contributed by atoms with van der Waals surface area (Å²) in [5.74, 6) is -0.0899. The van der Waals surface area contributed by atoms with Crippen molar-refractivity contribution < 1.29 is 4.79 Å². The van der Waals surface area contributed by atoms with Gasteiger partial charge in [0.15, 0.2) is 0 Å². The third-order valence-electron chi connectivity index (χ3n) is 4.30. The SMILES string of the molecule is C[C@@H]1CCCCN1CCCNC(=O)[C@@H](N)c1ccccc1. The van der Waals surface area contributed by atoms with E-state index < -0.39 is 6.04 Å². The molecule has 116 valence electrons. The highest BCUT2D eigenvalue weighted by Crippen LogP contribution is 2.16. The molecule has 0 bridgehead atoms. The Kier molecular flexibility index (Phi) is 6.21. The second-order valence-corrected chi connectivity index (χ2v) is 5.91. The smallest absolute Gasteiger partial charge is 0.241 e. The van der Waals surface area contributed by atoms with E-state index in [4.69, 9.17) is 5.73 Å². The van der Waals surface area contributed by atoms with Crippen molar-refractivity contribution in [2.45, 2.75) is 44.7 Å². The Morgan fingerprint density at radius 1 is 1.38 bits per heavy atom. The second kappa shape index (κ2) is 8.15. The molecule has 21 heavy (non-hydrogen) atoms. The van der Waals surface area contributed by atoms with Crippen molar-refractivity contribution >= 4 is 5.91 Å². The lowest BCUT2D eigenvalue weighted by Crippen LogP contribution is -2.40. The molecule has 4 nitrogen and oxygen atoms in total. The fourth-order valence-corrected chi connectivity index (χ4v) is 2.91. The summed E-state index contributed by atoms with van der Waals surface area (Å²) in [6.45, 7) is 5.24. The van der Waals surface area contributed by atoms with Crippen LogP contribution in [-0.4, -0.2) is 36.5 Å². The Hall–Kier alpha value is -1.39. The van der Waals surface area contributed by atoms with Crippen LogP contribution in [0.15, 0.2) is 30.3 Å². The van der Waals surface area contributed by atoms with Gasteiger partial charge in [-0.15, -0.1) is 0 Å². The summed E-state index contributed by atoms with van der Waals surface area (Å²) in [5.41, 5.74) is 6.82. The van der Waals surface area contributed by atoms with E-state index in [1.807, 2.05) is 30.3 Å². The average molecular weight is 289 g/mol. The first-order valence-corrected chi connectivity index (χ1v) is 8.01. The minimum Gasteiger partial charge on any atom is -0.354 e. The van der Waals surface area contributed by atoms with Crippen LogP contribution in [0.3, 0.4) is 0 Å². The van der Waals surface area contributed by atoms with Gasteiger partial charge in [0.25, 0.3) is 0 Å². The van der Waals surface area contributed by atoms with E-state index >= 15 is 0 Å². The molecule has 0 saturated carbocycles. The van der Waals surface area contributed by atoms with E-state index in [0.717, 1.165) is 18.5 Å². The topological polar surface area (TPSA) is 58.4 Å². The molecule has 1 heterocycles. The number of amides is 1. The number of piperidine rings is 1. The summed E-state index contributed by atoms with van der Waals surface area (Å²) in [5, 5.41) is 2.94. The normalized spacial score (nSPS) is 21.0. The van der Waals surface area contributed by atoms with Crippen molar-refractivity contribution in [2.24, 2.45) is 5.73 Å². The number of hydrogen-bond donors (Lipinski definition) is 2. The third kappa shape index (κ3) is 4.83. The van der Waals surface area contributed by atoms with Crippen molar-refractivity contribution in [3.8, 4) is 0 Å². The second-order valence-electron chi connectivity index (χ2n) is 5.91. The quantitative estimate of drug-likeness (QED) is 0.788. The first-order chi connectivity index (χ1) is 10.2. The maximum atomic E-state index is 12.0. The summed E-state index contributed by atoms with van der Waals surface area (Å²) in [6.07, 6.45) is 4.93. The largest absolute Gasteiger partial charge is 0.354 e. The summed E-state index contributed by atoms with van der Waals surface area (Å²) < 4.78 is 0. The van der Waals surface area contributed by atoms with E-state index in [9.17, 15) is 4.79 Å². The molecular formula is C17H27N3O. The Labute approximate surface area is 127 Å². The van der Waals surface area contributed by atoms with E-state index in [1.165, 1.54) is 25.8 Å². The highest BCUT2D eigenvalue weighted by atomic mass is 16.2. The van der Waals surface area contributed by atoms with E-state index in [2.05, 4.69) is 17.1 Å². The fourth-order valence-electron chi connectivity index (χ4n) is 2.91. The van der Waals surface area contributed by atoms with Gasteiger partial charge < -0.3 is 16.0 Å². The Morgan fingerprint density at radius 2 is 2.14 bits per heavy atom. The maximum Gasteiger partial charge on any atom is 0.241 e. The highest BCUT2D eigenvalue weighted by Gasteiger charge is 2.18. The van der Waals surface area contributed by atoms with Crippen molar-refractivity contribution in [1.29, 1.82) is 0 Å². The molecule has 3 N–H and O–H groups in total. The number of hydrogen-bond acceptors (Lipinski definition) is 3. The standard InChI is InChI=1S/C17H27N3O/c1-14-8-5-6-12-20(14)13-7-11-19-17(21)16(18)15-9-3-2-4-10-15/h2-4,9-10,14,16H,5-8,11-13,18H2,1H3,(H,19,21)/t14-,16+/m1/s1. The number of benzene rings is 1. The first kappa shape index (κ1) is 16.0. The molecule has 2 rings (SSSR count). The molecule has 1 aliphatic heterocycles. The molecule has 4 heteroatoms. The molecule has 0 aliphatic carbocycles. The molecule has 1 fully saturated rings. The lowest BCUT2D eigenvalue weighted by Gasteiger charge is -2.33. The van der Waals surface area contributed by atoms with Gasteiger partial charge in [0.2, 0.25) is 5.91 Å². The van der Waals surface area contributed by atoms with Gasteiger partial charge in [-0.1, -0.05) is 36.8 Å². The number of carbonyl (C=O) groups excluding carboxylic acids is 1.